The SMILES string of the molecule is C[Si](C)CC1CCC(C=O)C1. The van der Waals surface area contributed by atoms with Gasteiger partial charge in [0.2, 0.25) is 0 Å². The average molecular weight is 169 g/mol. The van der Waals surface area contributed by atoms with E-state index in [1.165, 1.54) is 18.9 Å². The molecule has 1 fully saturated rings. The molecule has 1 nitrogen and oxygen atoms in total. The lowest BCUT2D eigenvalue weighted by molar-refractivity contribution is -0.110. The van der Waals surface area contributed by atoms with Gasteiger partial charge in [0.15, 0.2) is 0 Å². The second-order valence-corrected chi connectivity index (χ2v) is 6.81. The molecule has 1 saturated carbocycles. The molecule has 0 saturated heterocycles. The van der Waals surface area contributed by atoms with E-state index in [1.807, 2.05) is 0 Å². The summed E-state index contributed by atoms with van der Waals surface area (Å²) in [5.41, 5.74) is 0. The smallest absolute Gasteiger partial charge is 0.123 e. The Kier molecular flexibility index (Phi) is 3.30. The highest BCUT2D eigenvalue weighted by Gasteiger charge is 2.24. The van der Waals surface area contributed by atoms with Gasteiger partial charge in [-0.15, -0.1) is 0 Å². The Morgan fingerprint density at radius 3 is 2.64 bits per heavy atom. The van der Waals surface area contributed by atoms with Crippen LogP contribution in [0.4, 0.5) is 0 Å². The summed E-state index contributed by atoms with van der Waals surface area (Å²) in [5.74, 6) is 1.29. The molecule has 1 aliphatic carbocycles. The van der Waals surface area contributed by atoms with Crippen molar-refractivity contribution in [3.63, 3.8) is 0 Å². The lowest BCUT2D eigenvalue weighted by Crippen LogP contribution is -2.07. The molecule has 1 radical (unpaired) electrons. The number of aldehydes is 1. The predicted octanol–water partition coefficient (Wildman–Crippen LogP) is 2.36. The van der Waals surface area contributed by atoms with Crippen LogP contribution in [0.15, 0.2) is 0 Å². The highest BCUT2D eigenvalue weighted by molar-refractivity contribution is 6.55. The van der Waals surface area contributed by atoms with Gasteiger partial charge in [0.25, 0.3) is 0 Å². The lowest BCUT2D eigenvalue weighted by atomic mass is 10.1. The fourth-order valence-electron chi connectivity index (χ4n) is 2.00. The molecular weight excluding hydrogens is 152 g/mol. The third-order valence-corrected chi connectivity index (χ3v) is 3.87. The molecule has 0 aromatic heterocycles. The van der Waals surface area contributed by atoms with E-state index in [9.17, 15) is 4.79 Å². The molecule has 0 aromatic carbocycles. The van der Waals surface area contributed by atoms with Crippen molar-refractivity contribution in [2.75, 3.05) is 0 Å². The minimum atomic E-state index is -0.0647. The fraction of sp³-hybridized carbons (Fsp3) is 0.889. The summed E-state index contributed by atoms with van der Waals surface area (Å²) in [6.45, 7) is 4.72. The van der Waals surface area contributed by atoms with Crippen LogP contribution in [-0.4, -0.2) is 15.1 Å². The van der Waals surface area contributed by atoms with E-state index in [1.54, 1.807) is 0 Å². The van der Waals surface area contributed by atoms with Crippen molar-refractivity contribution < 1.29 is 4.79 Å². The van der Waals surface area contributed by atoms with Crippen LogP contribution in [0.5, 0.6) is 0 Å². The first kappa shape index (κ1) is 8.98. The maximum absolute atomic E-state index is 10.4. The third-order valence-electron chi connectivity index (χ3n) is 2.47. The van der Waals surface area contributed by atoms with E-state index < -0.39 is 0 Å². The Morgan fingerprint density at radius 2 is 2.18 bits per heavy atom. The number of hydrogen-bond acceptors (Lipinski definition) is 1. The highest BCUT2D eigenvalue weighted by Crippen LogP contribution is 2.32. The second kappa shape index (κ2) is 4.05. The van der Waals surface area contributed by atoms with Gasteiger partial charge < -0.3 is 4.79 Å². The molecule has 0 spiro atoms. The molecule has 0 heterocycles. The monoisotopic (exact) mass is 169 g/mol. The molecule has 0 amide bonds. The normalized spacial score (nSPS) is 31.2. The van der Waals surface area contributed by atoms with Crippen molar-refractivity contribution in [3.8, 4) is 0 Å². The zero-order valence-electron chi connectivity index (χ0n) is 7.47. The summed E-state index contributed by atoms with van der Waals surface area (Å²) in [6.07, 6.45) is 4.79. The van der Waals surface area contributed by atoms with Gasteiger partial charge in [0, 0.05) is 14.7 Å². The van der Waals surface area contributed by atoms with Crippen molar-refractivity contribution in [3.05, 3.63) is 0 Å². The minimum Gasteiger partial charge on any atom is -0.303 e. The second-order valence-electron chi connectivity index (χ2n) is 3.99. The fourth-order valence-corrected chi connectivity index (χ4v) is 3.53. The van der Waals surface area contributed by atoms with Crippen molar-refractivity contribution in [1.82, 2.24) is 0 Å². The van der Waals surface area contributed by atoms with Crippen LogP contribution in [0.1, 0.15) is 19.3 Å². The van der Waals surface area contributed by atoms with Gasteiger partial charge in [-0.3, -0.25) is 0 Å². The Morgan fingerprint density at radius 1 is 1.45 bits per heavy atom. The van der Waals surface area contributed by atoms with E-state index in [0.29, 0.717) is 5.92 Å². The Bertz CT molecular complexity index is 134. The van der Waals surface area contributed by atoms with E-state index in [2.05, 4.69) is 13.1 Å². The molecule has 63 valence electrons. The van der Waals surface area contributed by atoms with Gasteiger partial charge in [0.1, 0.15) is 6.29 Å². The molecule has 0 aromatic rings. The van der Waals surface area contributed by atoms with Crippen molar-refractivity contribution in [2.45, 2.75) is 38.4 Å². The minimum absolute atomic E-state index is 0.0647. The van der Waals surface area contributed by atoms with Crippen LogP contribution >= 0.6 is 0 Å². The van der Waals surface area contributed by atoms with E-state index >= 15 is 0 Å². The topological polar surface area (TPSA) is 17.1 Å². The van der Waals surface area contributed by atoms with Gasteiger partial charge >= 0.3 is 0 Å². The average Bonchev–Trinajstić information content (AvgIpc) is 2.34. The first-order valence-corrected chi connectivity index (χ1v) is 7.17. The van der Waals surface area contributed by atoms with Crippen LogP contribution < -0.4 is 0 Å². The standard InChI is InChI=1S/C9H17OSi/c1-11(2)7-9-4-3-8(5-9)6-10/h6,8-9H,3-5,7H2,1-2H3. The molecular formula is C9H17OSi. The Hall–Kier alpha value is -0.113. The van der Waals surface area contributed by atoms with Gasteiger partial charge in [-0.1, -0.05) is 25.6 Å². The summed E-state index contributed by atoms with van der Waals surface area (Å²) in [5, 5.41) is 0. The van der Waals surface area contributed by atoms with Crippen LogP contribution in [0.3, 0.4) is 0 Å². The highest BCUT2D eigenvalue weighted by atomic mass is 28.3. The van der Waals surface area contributed by atoms with Gasteiger partial charge in [-0.05, 0) is 18.8 Å². The molecule has 0 bridgehead atoms. The molecule has 0 aliphatic heterocycles. The van der Waals surface area contributed by atoms with Crippen LogP contribution in [0.25, 0.3) is 0 Å². The summed E-state index contributed by atoms with van der Waals surface area (Å²) in [6, 6.07) is 1.41. The van der Waals surface area contributed by atoms with Crippen LogP contribution in [0.2, 0.25) is 19.1 Å². The van der Waals surface area contributed by atoms with Crippen molar-refractivity contribution >= 4 is 15.1 Å². The number of hydrogen-bond donors (Lipinski definition) is 0. The van der Waals surface area contributed by atoms with E-state index in [4.69, 9.17) is 0 Å². The molecule has 11 heavy (non-hydrogen) atoms. The molecule has 0 N–H and O–H groups in total. The summed E-state index contributed by atoms with van der Waals surface area (Å²) >= 11 is 0. The Balaban J connectivity index is 2.24. The molecule has 1 rings (SSSR count). The first-order valence-electron chi connectivity index (χ1n) is 4.46. The van der Waals surface area contributed by atoms with Gasteiger partial charge in [-0.25, -0.2) is 0 Å². The number of carbonyl (C=O) groups excluding carboxylic acids is 1. The summed E-state index contributed by atoms with van der Waals surface area (Å²) in [7, 11) is -0.0647. The zero-order chi connectivity index (χ0) is 8.27. The maximum Gasteiger partial charge on any atom is 0.123 e. The summed E-state index contributed by atoms with van der Waals surface area (Å²) < 4.78 is 0. The lowest BCUT2D eigenvalue weighted by Gasteiger charge is -2.09. The van der Waals surface area contributed by atoms with Gasteiger partial charge in [-0.2, -0.15) is 0 Å². The maximum atomic E-state index is 10.4. The van der Waals surface area contributed by atoms with E-state index in [0.717, 1.165) is 18.6 Å². The van der Waals surface area contributed by atoms with Crippen molar-refractivity contribution in [1.29, 1.82) is 0 Å². The predicted molar refractivity (Wildman–Crippen MR) is 49.2 cm³/mol. The Labute approximate surface area is 70.8 Å². The summed E-state index contributed by atoms with van der Waals surface area (Å²) in [4.78, 5) is 10.4. The zero-order valence-corrected chi connectivity index (χ0v) is 8.47. The third kappa shape index (κ3) is 2.77. The molecule has 2 heteroatoms. The molecule has 1 aliphatic rings. The molecule has 2 unspecified atom stereocenters. The van der Waals surface area contributed by atoms with Crippen LogP contribution in [-0.2, 0) is 4.79 Å². The largest absolute Gasteiger partial charge is 0.303 e. The first-order chi connectivity index (χ1) is 5.22. The van der Waals surface area contributed by atoms with Gasteiger partial charge in [0.05, 0.1) is 0 Å². The van der Waals surface area contributed by atoms with E-state index in [-0.39, 0.29) is 8.80 Å². The molecule has 2 atom stereocenters. The number of carbonyl (C=O) groups is 1. The van der Waals surface area contributed by atoms with Crippen molar-refractivity contribution in [2.24, 2.45) is 11.8 Å². The number of rotatable bonds is 3. The quantitative estimate of drug-likeness (QED) is 0.468. The van der Waals surface area contributed by atoms with Crippen LogP contribution in [0, 0.1) is 11.8 Å².